The molecule has 1 saturated heterocycles. The highest BCUT2D eigenvalue weighted by atomic mass is 35.5. The van der Waals surface area contributed by atoms with Gasteiger partial charge < -0.3 is 10.1 Å². The molecule has 0 radical (unpaired) electrons. The summed E-state index contributed by atoms with van der Waals surface area (Å²) in [6.07, 6.45) is 1.45. The van der Waals surface area contributed by atoms with E-state index in [1.807, 2.05) is 12.1 Å². The number of sulfonamides is 1. The van der Waals surface area contributed by atoms with Crippen molar-refractivity contribution in [3.05, 3.63) is 83.3 Å². The van der Waals surface area contributed by atoms with Crippen LogP contribution in [0.1, 0.15) is 16.1 Å². The van der Waals surface area contributed by atoms with Crippen LogP contribution in [0.3, 0.4) is 0 Å². The van der Waals surface area contributed by atoms with E-state index in [4.69, 9.17) is 11.8 Å². The maximum absolute atomic E-state index is 13.2. The predicted octanol–water partition coefficient (Wildman–Crippen LogP) is 2.79. The molecule has 0 spiro atoms. The maximum Gasteiger partial charge on any atom is 0.278 e. The maximum atomic E-state index is 13.2. The Morgan fingerprint density at radius 1 is 1.00 bits per heavy atom. The van der Waals surface area contributed by atoms with Crippen molar-refractivity contribution < 1.29 is 17.9 Å². The molecule has 1 aliphatic heterocycles. The van der Waals surface area contributed by atoms with Crippen molar-refractivity contribution in [3.8, 4) is 11.1 Å². The van der Waals surface area contributed by atoms with E-state index in [1.165, 1.54) is 10.5 Å². The molecule has 2 aromatic heterocycles. The molecule has 11 heteroatoms. The van der Waals surface area contributed by atoms with Gasteiger partial charge in [0.15, 0.2) is 11.9 Å². The molecule has 5 rings (SSSR count). The van der Waals surface area contributed by atoms with E-state index in [-0.39, 0.29) is 37.2 Å². The highest BCUT2D eigenvalue weighted by Gasteiger charge is 2.34. The Balaban J connectivity index is 1.28. The number of pyridine rings is 1. The van der Waals surface area contributed by atoms with E-state index in [0.717, 1.165) is 19.9 Å². The fourth-order valence-electron chi connectivity index (χ4n) is 4.15. The standard InChI is InChI=1S/C24H22ClN5O4S/c1-17-16-20(10-11-29(17)32)18-6-8-19(9-7-18)23(31)27-12-14-28(15-13-27)35(33,34)24-26-21-4-2-3-5-22(21)30(24)25/h2-11,16H,12-15H2,1H3. The number of nitrogens with zero attached hydrogens (tertiary/aromatic N) is 5. The zero-order chi connectivity index (χ0) is 24.7. The van der Waals surface area contributed by atoms with E-state index in [2.05, 4.69) is 4.98 Å². The first-order chi connectivity index (χ1) is 16.8. The minimum Gasteiger partial charge on any atom is -0.619 e. The third-order valence-corrected chi connectivity index (χ3v) is 8.36. The predicted molar refractivity (Wildman–Crippen MR) is 131 cm³/mol. The Bertz CT molecular complexity index is 1530. The Hall–Kier alpha value is -3.47. The number of halogens is 1. The largest absolute Gasteiger partial charge is 0.619 e. The number of carbonyl (C=O) groups is 1. The van der Waals surface area contributed by atoms with Crippen molar-refractivity contribution in [1.29, 1.82) is 0 Å². The van der Waals surface area contributed by atoms with Gasteiger partial charge in [0.05, 0.1) is 11.0 Å². The lowest BCUT2D eigenvalue weighted by molar-refractivity contribution is -0.612. The third kappa shape index (κ3) is 4.24. The number of para-hydroxylation sites is 2. The van der Waals surface area contributed by atoms with E-state index < -0.39 is 10.0 Å². The van der Waals surface area contributed by atoms with Crippen molar-refractivity contribution in [2.24, 2.45) is 0 Å². The second-order valence-electron chi connectivity index (χ2n) is 8.32. The molecule has 2 aromatic carbocycles. The summed E-state index contributed by atoms with van der Waals surface area (Å²) in [5, 5.41) is 11.3. The van der Waals surface area contributed by atoms with Gasteiger partial charge in [-0.05, 0) is 35.4 Å². The van der Waals surface area contributed by atoms with Crippen molar-refractivity contribution in [2.75, 3.05) is 26.2 Å². The van der Waals surface area contributed by atoms with Gasteiger partial charge in [-0.25, -0.2) is 17.5 Å². The first-order valence-corrected chi connectivity index (χ1v) is 12.8. The molecule has 4 aromatic rings. The number of benzene rings is 2. The van der Waals surface area contributed by atoms with E-state index in [9.17, 15) is 18.4 Å². The minimum atomic E-state index is -3.92. The Morgan fingerprint density at radius 3 is 2.34 bits per heavy atom. The van der Waals surface area contributed by atoms with Gasteiger partial charge in [-0.2, -0.15) is 9.04 Å². The number of rotatable bonds is 4. The molecule has 0 N–H and O–H groups in total. The van der Waals surface area contributed by atoms with Crippen LogP contribution in [-0.2, 0) is 10.0 Å². The summed E-state index contributed by atoms with van der Waals surface area (Å²) >= 11 is 6.26. The minimum absolute atomic E-state index is 0.144. The van der Waals surface area contributed by atoms with Crippen molar-refractivity contribution in [1.82, 2.24) is 18.3 Å². The first-order valence-electron chi connectivity index (χ1n) is 11.0. The van der Waals surface area contributed by atoms with Gasteiger partial charge in [-0.1, -0.05) is 24.3 Å². The summed E-state index contributed by atoms with van der Waals surface area (Å²) < 4.78 is 29.5. The molecule has 1 aliphatic rings. The average Bonchev–Trinajstić information content (AvgIpc) is 3.23. The lowest BCUT2D eigenvalue weighted by atomic mass is 10.0. The summed E-state index contributed by atoms with van der Waals surface area (Å²) in [5.41, 5.74) is 3.89. The van der Waals surface area contributed by atoms with Gasteiger partial charge in [0.2, 0.25) is 0 Å². The number of fused-ring (bicyclic) bond motifs is 1. The van der Waals surface area contributed by atoms with Crippen LogP contribution in [0.25, 0.3) is 22.2 Å². The van der Waals surface area contributed by atoms with Crippen LogP contribution >= 0.6 is 11.8 Å². The Morgan fingerprint density at radius 2 is 1.69 bits per heavy atom. The summed E-state index contributed by atoms with van der Waals surface area (Å²) in [4.78, 5) is 18.9. The third-order valence-electron chi connectivity index (χ3n) is 6.14. The number of aryl methyl sites for hydroxylation is 1. The summed E-state index contributed by atoms with van der Waals surface area (Å²) in [6, 6.07) is 17.6. The average molecular weight is 512 g/mol. The topological polar surface area (TPSA) is 102 Å². The molecular formula is C24H22ClN5O4S. The SMILES string of the molecule is Cc1cc(-c2ccc(C(=O)N3CCN(S(=O)(=O)c4nc5ccccc5n4Cl)CC3)cc2)cc[n+]1[O-]. The van der Waals surface area contributed by atoms with Crippen molar-refractivity contribution >= 4 is 38.7 Å². The molecule has 0 saturated carbocycles. The van der Waals surface area contributed by atoms with Crippen molar-refractivity contribution in [3.63, 3.8) is 0 Å². The molecule has 1 amide bonds. The van der Waals surface area contributed by atoms with Gasteiger partial charge in [-0.15, -0.1) is 0 Å². The molecule has 0 aliphatic carbocycles. The first kappa shape index (κ1) is 23.3. The molecule has 0 atom stereocenters. The van der Waals surface area contributed by atoms with E-state index >= 15 is 0 Å². The van der Waals surface area contributed by atoms with Gasteiger partial charge in [-0.3, -0.25) is 4.79 Å². The van der Waals surface area contributed by atoms with Crippen LogP contribution in [0, 0.1) is 12.1 Å². The number of amides is 1. The van der Waals surface area contributed by atoms with Crippen LogP contribution in [0.15, 0.2) is 72.0 Å². The molecule has 9 nitrogen and oxygen atoms in total. The molecule has 0 bridgehead atoms. The summed E-state index contributed by atoms with van der Waals surface area (Å²) in [5.74, 6) is -0.167. The molecule has 0 unspecified atom stereocenters. The van der Waals surface area contributed by atoms with Gasteiger partial charge in [0.25, 0.3) is 21.1 Å². The molecule has 180 valence electrons. The number of piperazine rings is 1. The quantitative estimate of drug-likeness (QED) is 0.309. The molecule has 3 heterocycles. The molecule has 1 fully saturated rings. The smallest absolute Gasteiger partial charge is 0.278 e. The molecular weight excluding hydrogens is 490 g/mol. The highest BCUT2D eigenvalue weighted by Crippen LogP contribution is 2.25. The van der Waals surface area contributed by atoms with Gasteiger partial charge in [0, 0.05) is 62.6 Å². The van der Waals surface area contributed by atoms with Crippen LogP contribution < -0.4 is 4.73 Å². The fourth-order valence-corrected chi connectivity index (χ4v) is 5.98. The number of imidazole rings is 1. The lowest BCUT2D eigenvalue weighted by Gasteiger charge is -2.33. The van der Waals surface area contributed by atoms with Crippen LogP contribution in [0.2, 0.25) is 0 Å². The van der Waals surface area contributed by atoms with Crippen LogP contribution in [0.4, 0.5) is 0 Å². The number of hydrogen-bond acceptors (Lipinski definition) is 5. The highest BCUT2D eigenvalue weighted by molar-refractivity contribution is 7.89. The second kappa shape index (κ2) is 8.95. The zero-order valence-corrected chi connectivity index (χ0v) is 20.4. The summed E-state index contributed by atoms with van der Waals surface area (Å²) in [6.45, 7) is 2.53. The zero-order valence-electron chi connectivity index (χ0n) is 18.8. The lowest BCUT2D eigenvalue weighted by Crippen LogP contribution is -2.50. The number of hydrogen-bond donors (Lipinski definition) is 0. The van der Waals surface area contributed by atoms with Gasteiger partial charge in [0.1, 0.15) is 0 Å². The fraction of sp³-hybridized carbons (Fsp3) is 0.208. The Kier molecular flexibility index (Phi) is 5.96. The van der Waals surface area contributed by atoms with Crippen LogP contribution in [0.5, 0.6) is 0 Å². The Labute approximate surface area is 207 Å². The van der Waals surface area contributed by atoms with E-state index in [1.54, 1.807) is 60.4 Å². The van der Waals surface area contributed by atoms with Crippen LogP contribution in [-0.4, -0.2) is 58.8 Å². The second-order valence-corrected chi connectivity index (χ2v) is 10.5. The number of aromatic nitrogens is 3. The van der Waals surface area contributed by atoms with E-state index in [0.29, 0.717) is 22.3 Å². The molecule has 35 heavy (non-hydrogen) atoms. The monoisotopic (exact) mass is 511 g/mol. The normalized spacial score (nSPS) is 15.0. The summed E-state index contributed by atoms with van der Waals surface area (Å²) in [7, 11) is -3.92. The van der Waals surface area contributed by atoms with Crippen molar-refractivity contribution in [2.45, 2.75) is 12.1 Å². The number of carbonyl (C=O) groups excluding carboxylic acids is 1. The van der Waals surface area contributed by atoms with Gasteiger partial charge >= 0.3 is 0 Å².